The molecule has 25 heavy (non-hydrogen) atoms. The molecular formula is C18H26ClN3O3. The van der Waals surface area contributed by atoms with Gasteiger partial charge in [0, 0.05) is 24.7 Å². The lowest BCUT2D eigenvalue weighted by Crippen LogP contribution is -2.55. The van der Waals surface area contributed by atoms with Crippen LogP contribution in [0.3, 0.4) is 0 Å². The first kappa shape index (κ1) is 19.7. The molecule has 1 aliphatic heterocycles. The minimum absolute atomic E-state index is 0. The maximum absolute atomic E-state index is 12.3. The first-order chi connectivity index (χ1) is 11.6. The molecule has 1 saturated carbocycles. The van der Waals surface area contributed by atoms with Gasteiger partial charge < -0.3 is 20.7 Å². The monoisotopic (exact) mass is 367 g/mol. The van der Waals surface area contributed by atoms with E-state index < -0.39 is 0 Å². The summed E-state index contributed by atoms with van der Waals surface area (Å²) in [7, 11) is 0. The van der Waals surface area contributed by atoms with Crippen LogP contribution in [0.25, 0.3) is 0 Å². The van der Waals surface area contributed by atoms with Crippen LogP contribution < -0.4 is 16.0 Å². The summed E-state index contributed by atoms with van der Waals surface area (Å²) in [5.74, 6) is 0.193. The third-order valence-electron chi connectivity index (χ3n) is 4.74. The predicted molar refractivity (Wildman–Crippen MR) is 98.7 cm³/mol. The molecule has 2 amide bonds. The van der Waals surface area contributed by atoms with Crippen LogP contribution in [0.1, 0.15) is 31.7 Å². The molecule has 1 saturated heterocycles. The Morgan fingerprint density at radius 1 is 1.28 bits per heavy atom. The summed E-state index contributed by atoms with van der Waals surface area (Å²) in [6, 6.07) is 7.29. The lowest BCUT2D eigenvalue weighted by molar-refractivity contribution is -0.129. The highest BCUT2D eigenvalue weighted by molar-refractivity contribution is 5.93. The highest BCUT2D eigenvalue weighted by Crippen LogP contribution is 2.27. The predicted octanol–water partition coefficient (Wildman–Crippen LogP) is 1.84. The molecule has 2 atom stereocenters. The highest BCUT2D eigenvalue weighted by Gasteiger charge is 2.28. The lowest BCUT2D eigenvalue weighted by Gasteiger charge is -2.29. The molecule has 0 aromatic heterocycles. The summed E-state index contributed by atoms with van der Waals surface area (Å²) in [6.07, 6.45) is 2.97. The lowest BCUT2D eigenvalue weighted by atomic mass is 9.85. The second kappa shape index (κ2) is 9.17. The van der Waals surface area contributed by atoms with Crippen molar-refractivity contribution in [1.29, 1.82) is 0 Å². The van der Waals surface area contributed by atoms with Crippen molar-refractivity contribution in [3.63, 3.8) is 0 Å². The number of anilines is 1. The Bertz CT molecular complexity index is 607. The molecule has 6 nitrogen and oxygen atoms in total. The fourth-order valence-electron chi connectivity index (χ4n) is 3.00. The van der Waals surface area contributed by atoms with Crippen molar-refractivity contribution in [3.05, 3.63) is 29.8 Å². The summed E-state index contributed by atoms with van der Waals surface area (Å²) in [5, 5.41) is 9.06. The van der Waals surface area contributed by atoms with E-state index in [4.69, 9.17) is 4.74 Å². The molecule has 138 valence electrons. The molecule has 2 aliphatic rings. The van der Waals surface area contributed by atoms with Crippen LogP contribution in [0.2, 0.25) is 0 Å². The Morgan fingerprint density at radius 2 is 2.08 bits per heavy atom. The molecule has 0 bridgehead atoms. The number of carbonyl (C=O) groups is 2. The third kappa shape index (κ3) is 5.17. The summed E-state index contributed by atoms with van der Waals surface area (Å²) >= 11 is 0. The summed E-state index contributed by atoms with van der Waals surface area (Å²) in [4.78, 5) is 24.3. The topological polar surface area (TPSA) is 79.5 Å². The minimum Gasteiger partial charge on any atom is -0.375 e. The minimum atomic E-state index is -0.319. The van der Waals surface area contributed by atoms with Crippen molar-refractivity contribution in [1.82, 2.24) is 10.6 Å². The van der Waals surface area contributed by atoms with Gasteiger partial charge >= 0.3 is 0 Å². The van der Waals surface area contributed by atoms with Gasteiger partial charge in [-0.3, -0.25) is 9.59 Å². The molecule has 2 fully saturated rings. The summed E-state index contributed by atoms with van der Waals surface area (Å²) in [6.45, 7) is 3.64. The Labute approximate surface area is 154 Å². The Kier molecular flexibility index (Phi) is 7.23. The van der Waals surface area contributed by atoms with E-state index >= 15 is 0 Å². The third-order valence-corrected chi connectivity index (χ3v) is 4.74. The van der Waals surface area contributed by atoms with E-state index in [2.05, 4.69) is 16.0 Å². The number of benzene rings is 1. The van der Waals surface area contributed by atoms with Crippen molar-refractivity contribution in [2.24, 2.45) is 5.92 Å². The largest absolute Gasteiger partial charge is 0.375 e. The molecule has 3 N–H and O–H groups in total. The number of hydrogen-bond acceptors (Lipinski definition) is 4. The van der Waals surface area contributed by atoms with Gasteiger partial charge in [-0.2, -0.15) is 0 Å². The second-order valence-electron chi connectivity index (χ2n) is 6.54. The van der Waals surface area contributed by atoms with Crippen molar-refractivity contribution in [2.45, 2.75) is 44.9 Å². The Balaban J connectivity index is 0.00000225. The molecule has 3 rings (SSSR count). The molecule has 0 spiro atoms. The first-order valence-electron chi connectivity index (χ1n) is 8.66. The molecular weight excluding hydrogens is 342 g/mol. The second-order valence-corrected chi connectivity index (χ2v) is 6.54. The molecule has 1 aliphatic carbocycles. The van der Waals surface area contributed by atoms with Crippen molar-refractivity contribution in [3.8, 4) is 0 Å². The molecule has 1 heterocycles. The maximum atomic E-state index is 12.3. The van der Waals surface area contributed by atoms with Crippen LogP contribution in [-0.4, -0.2) is 37.1 Å². The van der Waals surface area contributed by atoms with Crippen LogP contribution in [0.4, 0.5) is 5.69 Å². The number of halogens is 1. The van der Waals surface area contributed by atoms with Gasteiger partial charge in [0.1, 0.15) is 6.04 Å². The number of rotatable bonds is 5. The Morgan fingerprint density at radius 3 is 2.76 bits per heavy atom. The van der Waals surface area contributed by atoms with Gasteiger partial charge in [0.15, 0.2) is 0 Å². The maximum Gasteiger partial charge on any atom is 0.240 e. The number of amides is 2. The van der Waals surface area contributed by atoms with Crippen LogP contribution in [0.15, 0.2) is 24.3 Å². The number of ether oxygens (including phenoxy) is 1. The van der Waals surface area contributed by atoms with Crippen LogP contribution in [-0.2, 0) is 20.9 Å². The van der Waals surface area contributed by atoms with Crippen molar-refractivity contribution in [2.75, 3.05) is 18.5 Å². The van der Waals surface area contributed by atoms with Gasteiger partial charge in [0.25, 0.3) is 0 Å². The molecule has 1 aromatic rings. The average Bonchev–Trinajstić information content (AvgIpc) is 2.51. The zero-order valence-corrected chi connectivity index (χ0v) is 15.2. The van der Waals surface area contributed by atoms with E-state index in [1.807, 2.05) is 31.2 Å². The zero-order chi connectivity index (χ0) is 16.9. The van der Waals surface area contributed by atoms with Crippen LogP contribution in [0, 0.1) is 5.92 Å². The van der Waals surface area contributed by atoms with E-state index in [1.165, 1.54) is 0 Å². The molecule has 7 heteroatoms. The van der Waals surface area contributed by atoms with E-state index in [-0.39, 0.29) is 42.3 Å². The molecule has 1 aromatic carbocycles. The van der Waals surface area contributed by atoms with E-state index in [0.717, 1.165) is 30.5 Å². The van der Waals surface area contributed by atoms with Crippen molar-refractivity contribution < 1.29 is 14.3 Å². The Hall–Kier alpha value is -1.63. The van der Waals surface area contributed by atoms with Crippen LogP contribution >= 0.6 is 12.4 Å². The van der Waals surface area contributed by atoms with Gasteiger partial charge in [0.2, 0.25) is 11.8 Å². The van der Waals surface area contributed by atoms with Gasteiger partial charge in [-0.15, -0.1) is 12.4 Å². The number of nitrogens with one attached hydrogen (secondary N) is 3. The fraction of sp³-hybridized carbons (Fsp3) is 0.556. The van der Waals surface area contributed by atoms with E-state index in [1.54, 1.807) is 0 Å². The van der Waals surface area contributed by atoms with Crippen LogP contribution in [0.5, 0.6) is 0 Å². The average molecular weight is 368 g/mol. The number of carbonyl (C=O) groups excluding carboxylic acids is 2. The van der Waals surface area contributed by atoms with E-state index in [9.17, 15) is 9.59 Å². The molecule has 0 unspecified atom stereocenters. The zero-order valence-electron chi connectivity index (χ0n) is 14.4. The quantitative estimate of drug-likeness (QED) is 0.742. The normalized spacial score (nSPS) is 23.1. The standard InChI is InChI=1S/C18H25N3O3.ClH/c1-12-16(19-8-9-24-12)18(23)20-11-13-4-2-7-15(10-13)21-17(22)14-5-3-6-14;/h2,4,7,10,12,14,16,19H,3,5-6,8-9,11H2,1H3,(H,20,23)(H,21,22);1H/t12-,16+;/m1./s1. The van der Waals surface area contributed by atoms with Crippen molar-refractivity contribution >= 4 is 29.9 Å². The number of hydrogen-bond donors (Lipinski definition) is 3. The highest BCUT2D eigenvalue weighted by atomic mass is 35.5. The smallest absolute Gasteiger partial charge is 0.240 e. The number of morpholine rings is 1. The molecule has 0 radical (unpaired) electrons. The summed E-state index contributed by atoms with van der Waals surface area (Å²) in [5.41, 5.74) is 1.74. The van der Waals surface area contributed by atoms with Gasteiger partial charge in [0.05, 0.1) is 12.7 Å². The fourth-order valence-corrected chi connectivity index (χ4v) is 3.00. The van der Waals surface area contributed by atoms with Gasteiger partial charge in [-0.25, -0.2) is 0 Å². The van der Waals surface area contributed by atoms with Gasteiger partial charge in [-0.1, -0.05) is 18.6 Å². The first-order valence-corrected chi connectivity index (χ1v) is 8.66. The summed E-state index contributed by atoms with van der Waals surface area (Å²) < 4.78 is 5.49. The van der Waals surface area contributed by atoms with E-state index in [0.29, 0.717) is 19.7 Å². The SMILES string of the molecule is C[C@H]1OCCN[C@@H]1C(=O)NCc1cccc(NC(=O)C2CCC2)c1.Cl. The van der Waals surface area contributed by atoms with Gasteiger partial charge in [-0.05, 0) is 37.5 Å².